The van der Waals surface area contributed by atoms with Crippen molar-refractivity contribution in [1.29, 1.82) is 0 Å². The monoisotopic (exact) mass is 326 g/mol. The number of aromatic nitrogens is 3. The summed E-state index contributed by atoms with van der Waals surface area (Å²) in [7, 11) is 0. The Morgan fingerprint density at radius 2 is 2.04 bits per heavy atom. The molecule has 1 aliphatic rings. The summed E-state index contributed by atoms with van der Waals surface area (Å²) in [5.41, 5.74) is 2.12. The second-order valence-corrected chi connectivity index (χ2v) is 5.86. The van der Waals surface area contributed by atoms with E-state index in [1.165, 1.54) is 12.3 Å². The number of carboxylic acids is 1. The highest BCUT2D eigenvalue weighted by Crippen LogP contribution is 2.32. The molecule has 1 saturated heterocycles. The zero-order chi connectivity index (χ0) is 17.3. The van der Waals surface area contributed by atoms with Crippen LogP contribution in [0.5, 0.6) is 0 Å². The number of pyridine rings is 1. The molecule has 1 amide bonds. The molecule has 24 heavy (non-hydrogen) atoms. The lowest BCUT2D eigenvalue weighted by atomic mass is 10.1. The molecule has 1 atom stereocenters. The highest BCUT2D eigenvalue weighted by molar-refractivity contribution is 5.88. The number of carbonyl (C=O) groups excluding carboxylic acids is 1. The molecule has 2 aromatic heterocycles. The smallest absolute Gasteiger partial charge is 0.337 e. The molecule has 3 heterocycles. The van der Waals surface area contributed by atoms with Gasteiger partial charge < -0.3 is 10.0 Å². The molecular formula is C17H18N4O3. The molecule has 0 radical (unpaired) electrons. The molecule has 0 bridgehead atoms. The first kappa shape index (κ1) is 16.0. The molecule has 7 heteroatoms. The van der Waals surface area contributed by atoms with Crippen molar-refractivity contribution >= 4 is 11.9 Å². The van der Waals surface area contributed by atoms with E-state index in [-0.39, 0.29) is 17.5 Å². The van der Waals surface area contributed by atoms with Gasteiger partial charge in [0.1, 0.15) is 5.82 Å². The fourth-order valence-electron chi connectivity index (χ4n) is 3.06. The summed E-state index contributed by atoms with van der Waals surface area (Å²) in [6.45, 7) is 4.08. The van der Waals surface area contributed by atoms with Crippen molar-refractivity contribution in [2.24, 2.45) is 0 Å². The molecule has 0 aliphatic carbocycles. The number of aryl methyl sites for hydroxylation is 1. The molecule has 124 valence electrons. The Morgan fingerprint density at radius 3 is 2.75 bits per heavy atom. The number of amides is 1. The van der Waals surface area contributed by atoms with E-state index < -0.39 is 5.97 Å². The van der Waals surface area contributed by atoms with Crippen LogP contribution in [0.25, 0.3) is 11.3 Å². The van der Waals surface area contributed by atoms with Crippen molar-refractivity contribution in [2.75, 3.05) is 6.54 Å². The zero-order valence-corrected chi connectivity index (χ0v) is 13.6. The highest BCUT2D eigenvalue weighted by atomic mass is 16.4. The Balaban J connectivity index is 2.02. The molecular weight excluding hydrogens is 308 g/mol. The first-order valence-electron chi connectivity index (χ1n) is 7.77. The Hall–Kier alpha value is -2.83. The van der Waals surface area contributed by atoms with Crippen LogP contribution in [0.1, 0.15) is 47.7 Å². The molecule has 1 aliphatic heterocycles. The summed E-state index contributed by atoms with van der Waals surface area (Å²) in [4.78, 5) is 37.6. The van der Waals surface area contributed by atoms with Crippen LogP contribution in [0.15, 0.2) is 24.5 Å². The second-order valence-electron chi connectivity index (χ2n) is 5.86. The van der Waals surface area contributed by atoms with Gasteiger partial charge in [-0.1, -0.05) is 0 Å². The number of hydrogen-bond acceptors (Lipinski definition) is 5. The van der Waals surface area contributed by atoms with E-state index in [4.69, 9.17) is 5.11 Å². The average molecular weight is 326 g/mol. The van der Waals surface area contributed by atoms with Gasteiger partial charge in [0.05, 0.1) is 23.0 Å². The average Bonchev–Trinajstić information content (AvgIpc) is 3.04. The number of nitrogens with zero attached hydrogens (tertiary/aromatic N) is 4. The van der Waals surface area contributed by atoms with E-state index in [2.05, 4.69) is 15.0 Å². The summed E-state index contributed by atoms with van der Waals surface area (Å²) in [6.07, 6.45) is 4.69. The maximum Gasteiger partial charge on any atom is 0.337 e. The quantitative estimate of drug-likeness (QED) is 0.929. The largest absolute Gasteiger partial charge is 0.478 e. The number of carboxylic acid groups (broad SMARTS) is 1. The SMILES string of the molecule is CC(=O)N1CCC[C@H]1c1cc(-c2cncc(C(=O)O)c2)nc(C)n1. The molecule has 3 rings (SSSR count). The normalized spacial score (nSPS) is 17.1. The summed E-state index contributed by atoms with van der Waals surface area (Å²) in [5, 5.41) is 9.12. The van der Waals surface area contributed by atoms with Crippen molar-refractivity contribution in [3.63, 3.8) is 0 Å². The minimum atomic E-state index is -1.03. The fraction of sp³-hybridized carbons (Fsp3) is 0.353. The molecule has 0 aromatic carbocycles. The van der Waals surface area contributed by atoms with Crippen molar-refractivity contribution in [2.45, 2.75) is 32.7 Å². The Labute approximate surface area is 139 Å². The topological polar surface area (TPSA) is 96.3 Å². The van der Waals surface area contributed by atoms with Crippen molar-refractivity contribution < 1.29 is 14.7 Å². The molecule has 1 fully saturated rings. The first-order valence-corrected chi connectivity index (χ1v) is 7.77. The number of aromatic carboxylic acids is 1. The summed E-state index contributed by atoms with van der Waals surface area (Å²) >= 11 is 0. The third kappa shape index (κ3) is 3.10. The summed E-state index contributed by atoms with van der Waals surface area (Å²) in [6, 6.07) is 3.30. The molecule has 2 aromatic rings. The fourth-order valence-corrected chi connectivity index (χ4v) is 3.06. The van der Waals surface area contributed by atoms with Crippen LogP contribution in [0.4, 0.5) is 0 Å². The predicted molar refractivity (Wildman–Crippen MR) is 86.3 cm³/mol. The van der Waals surface area contributed by atoms with E-state index in [9.17, 15) is 9.59 Å². The Morgan fingerprint density at radius 1 is 1.25 bits per heavy atom. The molecule has 0 saturated carbocycles. The van der Waals surface area contributed by atoms with Gasteiger partial charge >= 0.3 is 5.97 Å². The van der Waals surface area contributed by atoms with Crippen LogP contribution < -0.4 is 0 Å². The minimum Gasteiger partial charge on any atom is -0.478 e. The standard InChI is InChI=1S/C17H18N4O3/c1-10-19-14(12-6-13(17(23)24)9-18-8-12)7-15(20-10)16-4-3-5-21(16)11(2)22/h6-9,16H,3-5H2,1-2H3,(H,23,24)/t16-/m0/s1. The number of likely N-dealkylation sites (tertiary alicyclic amines) is 1. The van der Waals surface area contributed by atoms with E-state index in [0.29, 0.717) is 17.1 Å². The van der Waals surface area contributed by atoms with Crippen molar-refractivity contribution in [3.8, 4) is 11.3 Å². The van der Waals surface area contributed by atoms with Gasteiger partial charge in [0.2, 0.25) is 5.91 Å². The van der Waals surface area contributed by atoms with E-state index in [0.717, 1.165) is 25.1 Å². The van der Waals surface area contributed by atoms with Crippen LogP contribution in [0.2, 0.25) is 0 Å². The van der Waals surface area contributed by atoms with Crippen LogP contribution in [-0.2, 0) is 4.79 Å². The van der Waals surface area contributed by atoms with Gasteiger partial charge in [0, 0.05) is 31.4 Å². The van der Waals surface area contributed by atoms with Crippen LogP contribution in [0, 0.1) is 6.92 Å². The van der Waals surface area contributed by atoms with E-state index in [1.54, 1.807) is 20.0 Å². The minimum absolute atomic E-state index is 0.0323. The van der Waals surface area contributed by atoms with E-state index >= 15 is 0 Å². The predicted octanol–water partition coefficient (Wildman–Crippen LogP) is 2.23. The number of rotatable bonds is 3. The van der Waals surface area contributed by atoms with Crippen LogP contribution >= 0.6 is 0 Å². The maximum atomic E-state index is 11.8. The highest BCUT2D eigenvalue weighted by Gasteiger charge is 2.29. The van der Waals surface area contributed by atoms with Gasteiger partial charge in [-0.15, -0.1) is 0 Å². The maximum absolute atomic E-state index is 11.8. The third-order valence-electron chi connectivity index (χ3n) is 4.14. The lowest BCUT2D eigenvalue weighted by molar-refractivity contribution is -0.129. The van der Waals surface area contributed by atoms with Crippen molar-refractivity contribution in [1.82, 2.24) is 19.9 Å². The molecule has 7 nitrogen and oxygen atoms in total. The van der Waals surface area contributed by atoms with Gasteiger partial charge in [0.15, 0.2) is 0 Å². The molecule has 0 unspecified atom stereocenters. The first-order chi connectivity index (χ1) is 11.5. The second kappa shape index (κ2) is 6.35. The van der Waals surface area contributed by atoms with Gasteiger partial charge in [-0.05, 0) is 31.9 Å². The number of carbonyl (C=O) groups is 2. The lowest BCUT2D eigenvalue weighted by Gasteiger charge is -2.23. The molecule has 1 N–H and O–H groups in total. The molecule has 0 spiro atoms. The summed E-state index contributed by atoms with van der Waals surface area (Å²) in [5.74, 6) is -0.419. The van der Waals surface area contributed by atoms with E-state index in [1.807, 2.05) is 11.0 Å². The Bertz CT molecular complexity index is 806. The summed E-state index contributed by atoms with van der Waals surface area (Å²) < 4.78 is 0. The van der Waals surface area contributed by atoms with Gasteiger partial charge in [-0.2, -0.15) is 0 Å². The van der Waals surface area contributed by atoms with Crippen LogP contribution in [-0.4, -0.2) is 43.4 Å². The lowest BCUT2D eigenvalue weighted by Crippen LogP contribution is -2.28. The van der Waals surface area contributed by atoms with Gasteiger partial charge in [-0.25, -0.2) is 14.8 Å². The zero-order valence-electron chi connectivity index (χ0n) is 13.6. The van der Waals surface area contributed by atoms with Crippen LogP contribution in [0.3, 0.4) is 0 Å². The third-order valence-corrected chi connectivity index (χ3v) is 4.14. The van der Waals surface area contributed by atoms with Gasteiger partial charge in [0.25, 0.3) is 0 Å². The number of hydrogen-bond donors (Lipinski definition) is 1. The van der Waals surface area contributed by atoms with Gasteiger partial charge in [-0.3, -0.25) is 9.78 Å². The van der Waals surface area contributed by atoms with Crippen molar-refractivity contribution in [3.05, 3.63) is 41.6 Å². The Kier molecular flexibility index (Phi) is 4.24.